The number of ether oxygens (including phenoxy) is 2. The first-order valence-corrected chi connectivity index (χ1v) is 18.7. The molecule has 4 amide bonds. The molecule has 1 aromatic carbocycles. The largest absolute Gasteiger partial charge is 0.386 e. The van der Waals surface area contributed by atoms with E-state index in [9.17, 15) is 24.3 Å². The highest BCUT2D eigenvalue weighted by Gasteiger charge is 2.43. The van der Waals surface area contributed by atoms with Gasteiger partial charge in [0.25, 0.3) is 0 Å². The predicted octanol–water partition coefficient (Wildman–Crippen LogP) is 3.53. The van der Waals surface area contributed by atoms with Crippen LogP contribution in [0.5, 0.6) is 0 Å². The lowest BCUT2D eigenvalue weighted by Gasteiger charge is -2.41. The van der Waals surface area contributed by atoms with E-state index in [1.54, 1.807) is 52.0 Å². The molecule has 1 aliphatic rings. The molecule has 0 radical (unpaired) electrons. The summed E-state index contributed by atoms with van der Waals surface area (Å²) in [5, 5.41) is 19.8. The minimum absolute atomic E-state index is 0.0148. The third-order valence-electron chi connectivity index (χ3n) is 10.7. The van der Waals surface area contributed by atoms with Crippen molar-refractivity contribution in [3.8, 4) is 0 Å². The van der Waals surface area contributed by atoms with Crippen LogP contribution in [-0.2, 0) is 28.7 Å². The van der Waals surface area contributed by atoms with E-state index in [0.717, 1.165) is 12.8 Å². The molecule has 10 atom stereocenters. The summed E-state index contributed by atoms with van der Waals surface area (Å²) >= 11 is 0. The zero-order valence-corrected chi connectivity index (χ0v) is 33.1. The minimum atomic E-state index is -0.875. The van der Waals surface area contributed by atoms with Crippen molar-refractivity contribution in [1.29, 1.82) is 0 Å². The van der Waals surface area contributed by atoms with Crippen molar-refractivity contribution < 1.29 is 33.8 Å². The molecule has 1 aliphatic heterocycles. The fourth-order valence-corrected chi connectivity index (χ4v) is 7.42. The molecule has 1 heterocycles. The van der Waals surface area contributed by atoms with Gasteiger partial charge in [0.1, 0.15) is 6.04 Å². The fourth-order valence-electron chi connectivity index (χ4n) is 7.42. The molecule has 1 fully saturated rings. The standard InChI is InChI=1S/C39H67N5O7/c1-13-25(6)34(43(10)39(49)33(24(4)5)42-38(48)32(40-9)23(2)3)30(50-11)22-31(45)44-21-17-20-29(44)36(51-12)26(7)37(47)41-27(8)35(46)28-18-15-14-16-19-28/h14-16,18-19,23-27,29-30,32-36,40,46H,13,17,20-22H2,1-12H3,(H,41,47)(H,42,48)/t25-,26?,27+,29-,30?,32?,33-,34?,35+,36?/m0/s1. The van der Waals surface area contributed by atoms with Gasteiger partial charge < -0.3 is 40.3 Å². The second-order valence-electron chi connectivity index (χ2n) is 15.0. The van der Waals surface area contributed by atoms with Gasteiger partial charge in [0.15, 0.2) is 0 Å². The van der Waals surface area contributed by atoms with Crippen LogP contribution in [0.4, 0.5) is 0 Å². The van der Waals surface area contributed by atoms with Gasteiger partial charge in [0.2, 0.25) is 23.6 Å². The Kier molecular flexibility index (Phi) is 18.0. The minimum Gasteiger partial charge on any atom is -0.386 e. The van der Waals surface area contributed by atoms with Gasteiger partial charge in [0, 0.05) is 27.8 Å². The highest BCUT2D eigenvalue weighted by Crippen LogP contribution is 2.30. The van der Waals surface area contributed by atoms with E-state index in [0.29, 0.717) is 18.5 Å². The summed E-state index contributed by atoms with van der Waals surface area (Å²) in [6, 6.07) is 6.67. The van der Waals surface area contributed by atoms with Crippen LogP contribution in [-0.4, -0.2) is 116 Å². The number of hydrogen-bond acceptors (Lipinski definition) is 8. The maximum absolute atomic E-state index is 14.1. The Morgan fingerprint density at radius 2 is 1.53 bits per heavy atom. The van der Waals surface area contributed by atoms with Gasteiger partial charge in [-0.3, -0.25) is 19.2 Å². The third kappa shape index (κ3) is 11.5. The second-order valence-corrected chi connectivity index (χ2v) is 15.0. The maximum Gasteiger partial charge on any atom is 0.245 e. The summed E-state index contributed by atoms with van der Waals surface area (Å²) < 4.78 is 11.9. The monoisotopic (exact) mass is 718 g/mol. The summed E-state index contributed by atoms with van der Waals surface area (Å²) in [7, 11) is 6.57. The van der Waals surface area contributed by atoms with Crippen molar-refractivity contribution in [2.75, 3.05) is 34.9 Å². The molecule has 5 unspecified atom stereocenters. The SMILES string of the molecule is CC[C@H](C)C(C(CC(=O)N1CCC[C@H]1C(OC)C(C)C(=O)N[C@H](C)[C@@H](O)c1ccccc1)OC)N(C)C(=O)[C@@H](NC(=O)C(NC)C(C)C)C(C)C. The Hall–Kier alpha value is -3.06. The number of hydrogen-bond donors (Lipinski definition) is 4. The lowest BCUT2D eigenvalue weighted by atomic mass is 9.89. The van der Waals surface area contributed by atoms with Crippen LogP contribution >= 0.6 is 0 Å². The van der Waals surface area contributed by atoms with Crippen LogP contribution in [0.25, 0.3) is 0 Å². The van der Waals surface area contributed by atoms with Crippen molar-refractivity contribution in [3.63, 3.8) is 0 Å². The second kappa shape index (κ2) is 20.8. The number of benzene rings is 1. The zero-order chi connectivity index (χ0) is 38.6. The molecule has 0 saturated carbocycles. The average molecular weight is 718 g/mol. The number of nitrogens with zero attached hydrogens (tertiary/aromatic N) is 2. The lowest BCUT2D eigenvalue weighted by Crippen LogP contribution is -2.59. The summed E-state index contributed by atoms with van der Waals surface area (Å²) in [4.78, 5) is 58.3. The highest BCUT2D eigenvalue weighted by atomic mass is 16.5. The molecule has 4 N–H and O–H groups in total. The fraction of sp³-hybridized carbons (Fsp3) is 0.744. The first-order chi connectivity index (χ1) is 24.0. The molecule has 1 saturated heterocycles. The number of amides is 4. The van der Waals surface area contributed by atoms with Crippen LogP contribution in [0, 0.1) is 23.7 Å². The summed E-state index contributed by atoms with van der Waals surface area (Å²) in [5.41, 5.74) is 0.711. The number of carbonyl (C=O) groups excluding carboxylic acids is 4. The van der Waals surface area contributed by atoms with Gasteiger partial charge in [0.05, 0.1) is 54.8 Å². The highest BCUT2D eigenvalue weighted by molar-refractivity contribution is 5.90. The van der Waals surface area contributed by atoms with Crippen molar-refractivity contribution in [3.05, 3.63) is 35.9 Å². The Morgan fingerprint density at radius 3 is 2.04 bits per heavy atom. The van der Waals surface area contributed by atoms with E-state index in [4.69, 9.17) is 9.47 Å². The smallest absolute Gasteiger partial charge is 0.245 e. The molecule has 0 bridgehead atoms. The predicted molar refractivity (Wildman–Crippen MR) is 200 cm³/mol. The normalized spacial score (nSPS) is 20.1. The van der Waals surface area contributed by atoms with Crippen molar-refractivity contribution in [1.82, 2.24) is 25.8 Å². The van der Waals surface area contributed by atoms with Crippen LogP contribution < -0.4 is 16.0 Å². The summed E-state index contributed by atoms with van der Waals surface area (Å²) in [5.74, 6) is -1.62. The molecular formula is C39H67N5O7. The van der Waals surface area contributed by atoms with E-state index in [-0.39, 0.29) is 53.8 Å². The zero-order valence-electron chi connectivity index (χ0n) is 33.1. The molecule has 1 aromatic rings. The summed E-state index contributed by atoms with van der Waals surface area (Å²) in [6.45, 7) is 15.9. The van der Waals surface area contributed by atoms with Gasteiger partial charge in [-0.05, 0) is 50.1 Å². The molecule has 51 heavy (non-hydrogen) atoms. The first-order valence-electron chi connectivity index (χ1n) is 18.7. The molecule has 2 rings (SSSR count). The lowest BCUT2D eigenvalue weighted by molar-refractivity contribution is -0.148. The number of aliphatic hydroxyl groups excluding tert-OH is 1. The number of carbonyl (C=O) groups is 4. The quantitative estimate of drug-likeness (QED) is 0.160. The number of rotatable bonds is 20. The van der Waals surface area contributed by atoms with Crippen LogP contribution in [0.2, 0.25) is 0 Å². The van der Waals surface area contributed by atoms with E-state index < -0.39 is 48.4 Å². The molecule has 0 aromatic heterocycles. The average Bonchev–Trinajstić information content (AvgIpc) is 3.59. The van der Waals surface area contributed by atoms with Gasteiger partial charge in [-0.25, -0.2) is 0 Å². The van der Waals surface area contributed by atoms with Crippen molar-refractivity contribution in [2.24, 2.45) is 23.7 Å². The van der Waals surface area contributed by atoms with E-state index in [2.05, 4.69) is 16.0 Å². The Bertz CT molecular complexity index is 1250. The van der Waals surface area contributed by atoms with E-state index in [1.165, 1.54) is 0 Å². The van der Waals surface area contributed by atoms with Crippen LogP contribution in [0.15, 0.2) is 30.3 Å². The van der Waals surface area contributed by atoms with Gasteiger partial charge in [-0.1, -0.05) is 85.2 Å². The van der Waals surface area contributed by atoms with Crippen molar-refractivity contribution in [2.45, 2.75) is 130 Å². The number of methoxy groups -OCH3 is 2. The Balaban J connectivity index is 2.24. The van der Waals surface area contributed by atoms with Gasteiger partial charge in [-0.2, -0.15) is 0 Å². The van der Waals surface area contributed by atoms with Crippen LogP contribution in [0.3, 0.4) is 0 Å². The first kappa shape index (κ1) is 44.1. The molecular weight excluding hydrogens is 650 g/mol. The van der Waals surface area contributed by atoms with Gasteiger partial charge >= 0.3 is 0 Å². The number of aliphatic hydroxyl groups is 1. The molecule has 12 heteroatoms. The maximum atomic E-state index is 14.1. The third-order valence-corrected chi connectivity index (χ3v) is 10.7. The van der Waals surface area contributed by atoms with E-state index in [1.807, 2.05) is 71.9 Å². The Morgan fingerprint density at radius 1 is 0.922 bits per heavy atom. The van der Waals surface area contributed by atoms with Crippen molar-refractivity contribution >= 4 is 23.6 Å². The number of likely N-dealkylation sites (N-methyl/N-ethyl adjacent to an activating group) is 2. The van der Waals surface area contributed by atoms with Crippen LogP contribution in [0.1, 0.15) is 92.7 Å². The number of nitrogens with one attached hydrogen (secondary N) is 3. The topological polar surface area (TPSA) is 150 Å². The molecule has 290 valence electrons. The Labute approximate surface area is 306 Å². The molecule has 12 nitrogen and oxygen atoms in total. The molecule has 0 spiro atoms. The van der Waals surface area contributed by atoms with E-state index >= 15 is 0 Å². The summed E-state index contributed by atoms with van der Waals surface area (Å²) in [6.07, 6.45) is 0.147. The molecule has 0 aliphatic carbocycles. The number of likely N-dealkylation sites (tertiary alicyclic amines) is 1. The van der Waals surface area contributed by atoms with Gasteiger partial charge in [-0.15, -0.1) is 0 Å².